The summed E-state index contributed by atoms with van der Waals surface area (Å²) >= 11 is 1.18. The molecule has 0 spiro atoms. The van der Waals surface area contributed by atoms with Crippen molar-refractivity contribution in [1.82, 2.24) is 14.9 Å². The lowest BCUT2D eigenvalue weighted by Crippen LogP contribution is -2.37. The largest absolute Gasteiger partial charge is 0.416 e. The summed E-state index contributed by atoms with van der Waals surface area (Å²) in [5, 5.41) is 6.17. The van der Waals surface area contributed by atoms with Crippen LogP contribution in [0.25, 0.3) is 0 Å². The van der Waals surface area contributed by atoms with Crippen molar-refractivity contribution in [1.29, 1.82) is 0 Å². The number of nitrogens with zero attached hydrogens (tertiary/aromatic N) is 2. The van der Waals surface area contributed by atoms with Gasteiger partial charge in [-0.2, -0.15) is 13.2 Å². The Morgan fingerprint density at radius 1 is 1.10 bits per heavy atom. The van der Waals surface area contributed by atoms with Crippen LogP contribution in [0.15, 0.2) is 45.6 Å². The van der Waals surface area contributed by atoms with Crippen molar-refractivity contribution in [3.8, 4) is 0 Å². The minimum atomic E-state index is -4.34. The molecule has 0 fully saturated rings. The Bertz CT molecular complexity index is 937. The van der Waals surface area contributed by atoms with E-state index in [9.17, 15) is 21.6 Å². The highest BCUT2D eigenvalue weighted by atomic mass is 32.2. The van der Waals surface area contributed by atoms with Gasteiger partial charge in [0.15, 0.2) is 5.96 Å². The van der Waals surface area contributed by atoms with Gasteiger partial charge in [-0.15, -0.1) is 11.3 Å². The topological polar surface area (TPSA) is 73.8 Å². The second-order valence-corrected chi connectivity index (χ2v) is 9.85. The number of nitrogens with one attached hydrogen (secondary N) is 2. The van der Waals surface area contributed by atoms with Crippen LogP contribution < -0.4 is 10.6 Å². The van der Waals surface area contributed by atoms with Crippen LogP contribution in [0.5, 0.6) is 0 Å². The van der Waals surface area contributed by atoms with Crippen molar-refractivity contribution in [3.63, 3.8) is 0 Å². The Kier molecular flexibility index (Phi) is 7.66. The molecular formula is C18H23F3N4O2S2. The van der Waals surface area contributed by atoms with Crippen LogP contribution in [0.1, 0.15) is 16.0 Å². The van der Waals surface area contributed by atoms with E-state index in [0.717, 1.165) is 26.9 Å². The monoisotopic (exact) mass is 448 g/mol. The number of rotatable bonds is 7. The molecule has 0 aliphatic carbocycles. The summed E-state index contributed by atoms with van der Waals surface area (Å²) in [7, 11) is 1.11. The van der Waals surface area contributed by atoms with Crippen molar-refractivity contribution < 1.29 is 21.6 Å². The van der Waals surface area contributed by atoms with Crippen molar-refractivity contribution in [2.75, 3.05) is 27.7 Å². The first kappa shape index (κ1) is 23.2. The van der Waals surface area contributed by atoms with Crippen LogP contribution >= 0.6 is 11.3 Å². The van der Waals surface area contributed by atoms with E-state index in [4.69, 9.17) is 0 Å². The normalized spacial score (nSPS) is 13.0. The molecule has 0 aliphatic heterocycles. The van der Waals surface area contributed by atoms with Gasteiger partial charge in [0.25, 0.3) is 10.0 Å². The van der Waals surface area contributed by atoms with Crippen LogP contribution in [0, 0.1) is 0 Å². The highest BCUT2D eigenvalue weighted by molar-refractivity contribution is 7.91. The van der Waals surface area contributed by atoms with Gasteiger partial charge in [0, 0.05) is 32.6 Å². The van der Waals surface area contributed by atoms with Gasteiger partial charge in [-0.05, 0) is 36.2 Å². The second kappa shape index (κ2) is 9.59. The fourth-order valence-corrected chi connectivity index (χ4v) is 4.81. The smallest absolute Gasteiger partial charge is 0.356 e. The zero-order chi connectivity index (χ0) is 21.7. The quantitative estimate of drug-likeness (QED) is 0.505. The van der Waals surface area contributed by atoms with Crippen LogP contribution in [-0.2, 0) is 29.2 Å². The molecule has 1 heterocycles. The Morgan fingerprint density at radius 3 is 2.31 bits per heavy atom. The molecule has 29 heavy (non-hydrogen) atoms. The molecule has 160 valence electrons. The molecule has 0 amide bonds. The van der Waals surface area contributed by atoms with E-state index in [1.807, 2.05) is 0 Å². The van der Waals surface area contributed by atoms with Gasteiger partial charge in [0.05, 0.1) is 12.1 Å². The van der Waals surface area contributed by atoms with E-state index in [1.165, 1.54) is 37.6 Å². The first-order chi connectivity index (χ1) is 13.5. The average Bonchev–Trinajstić information content (AvgIpc) is 3.14. The van der Waals surface area contributed by atoms with Gasteiger partial charge in [-0.1, -0.05) is 12.1 Å². The predicted molar refractivity (Wildman–Crippen MR) is 109 cm³/mol. The van der Waals surface area contributed by atoms with Gasteiger partial charge >= 0.3 is 6.18 Å². The lowest BCUT2D eigenvalue weighted by molar-refractivity contribution is -0.137. The second-order valence-electron chi connectivity index (χ2n) is 6.31. The molecule has 0 aliphatic rings. The number of aliphatic imine (C=N–C) groups is 1. The van der Waals surface area contributed by atoms with Crippen molar-refractivity contribution >= 4 is 27.3 Å². The van der Waals surface area contributed by atoms with E-state index in [-0.39, 0.29) is 4.21 Å². The number of alkyl halides is 3. The molecule has 1 aromatic heterocycles. The minimum absolute atomic E-state index is 0.268. The molecule has 1 aromatic carbocycles. The molecule has 2 N–H and O–H groups in total. The number of benzene rings is 1. The van der Waals surface area contributed by atoms with Gasteiger partial charge in [-0.25, -0.2) is 12.7 Å². The number of thiophene rings is 1. The number of sulfonamides is 1. The zero-order valence-electron chi connectivity index (χ0n) is 16.2. The van der Waals surface area contributed by atoms with Crippen LogP contribution in [-0.4, -0.2) is 46.4 Å². The van der Waals surface area contributed by atoms with Gasteiger partial charge < -0.3 is 10.6 Å². The van der Waals surface area contributed by atoms with E-state index >= 15 is 0 Å². The number of hydrogen-bond acceptors (Lipinski definition) is 4. The first-order valence-corrected chi connectivity index (χ1v) is 10.9. The summed E-state index contributed by atoms with van der Waals surface area (Å²) in [6.07, 6.45) is -3.81. The molecule has 0 bridgehead atoms. The molecule has 11 heteroatoms. The standard InChI is InChI=1S/C18H23F3N4O2S2/c1-22-17(23-11-10-13-4-6-14(7-5-13)18(19,20)21)24-12-15-8-9-16(28-15)29(26,27)25(2)3/h4-9H,10-12H2,1-3H3,(H2,22,23,24). The van der Waals surface area contributed by atoms with E-state index in [1.54, 1.807) is 19.2 Å². The van der Waals surface area contributed by atoms with Crippen LogP contribution in [0.2, 0.25) is 0 Å². The van der Waals surface area contributed by atoms with E-state index in [2.05, 4.69) is 15.6 Å². The van der Waals surface area contributed by atoms with Crippen LogP contribution in [0.4, 0.5) is 13.2 Å². The van der Waals surface area contributed by atoms with Crippen molar-refractivity contribution in [2.45, 2.75) is 23.4 Å². The first-order valence-electron chi connectivity index (χ1n) is 8.66. The molecule has 0 atom stereocenters. The summed E-state index contributed by atoms with van der Waals surface area (Å²) in [6, 6.07) is 8.36. The third-order valence-corrected chi connectivity index (χ3v) is 7.38. The van der Waals surface area contributed by atoms with Gasteiger partial charge in [0.1, 0.15) is 4.21 Å². The highest BCUT2D eigenvalue weighted by Gasteiger charge is 2.29. The summed E-state index contributed by atoms with van der Waals surface area (Å²) < 4.78 is 63.4. The summed E-state index contributed by atoms with van der Waals surface area (Å²) in [5.74, 6) is 0.516. The molecule has 0 radical (unpaired) electrons. The Balaban J connectivity index is 1.84. The van der Waals surface area contributed by atoms with E-state index in [0.29, 0.717) is 25.5 Å². The Hall–Kier alpha value is -2.11. The maximum atomic E-state index is 12.6. The van der Waals surface area contributed by atoms with E-state index < -0.39 is 21.8 Å². The summed E-state index contributed by atoms with van der Waals surface area (Å²) in [6.45, 7) is 0.878. The third kappa shape index (κ3) is 6.44. The van der Waals surface area contributed by atoms with Crippen molar-refractivity contribution in [2.24, 2.45) is 4.99 Å². The molecule has 2 rings (SSSR count). The zero-order valence-corrected chi connectivity index (χ0v) is 17.9. The summed E-state index contributed by atoms with van der Waals surface area (Å²) in [4.78, 5) is 4.92. The molecule has 6 nitrogen and oxygen atoms in total. The SMILES string of the molecule is CN=C(NCCc1ccc(C(F)(F)F)cc1)NCc1ccc(S(=O)(=O)N(C)C)s1. The molecule has 0 saturated heterocycles. The van der Waals surface area contributed by atoms with Gasteiger partial charge in [-0.3, -0.25) is 4.99 Å². The fraction of sp³-hybridized carbons (Fsp3) is 0.389. The molecular weight excluding hydrogens is 425 g/mol. The Morgan fingerprint density at radius 2 is 1.76 bits per heavy atom. The van der Waals surface area contributed by atoms with Gasteiger partial charge in [0.2, 0.25) is 0 Å². The molecule has 0 unspecified atom stereocenters. The number of halogens is 3. The number of guanidine groups is 1. The maximum absolute atomic E-state index is 12.6. The predicted octanol–water partition coefficient (Wildman–Crippen LogP) is 2.92. The maximum Gasteiger partial charge on any atom is 0.416 e. The van der Waals surface area contributed by atoms with Crippen molar-refractivity contribution in [3.05, 3.63) is 52.4 Å². The number of hydrogen-bond donors (Lipinski definition) is 2. The average molecular weight is 449 g/mol. The Labute approximate surface area is 172 Å². The summed E-state index contributed by atoms with van der Waals surface area (Å²) in [5.41, 5.74) is 0.107. The lowest BCUT2D eigenvalue weighted by Gasteiger charge is -2.12. The van der Waals surface area contributed by atoms with Crippen LogP contribution in [0.3, 0.4) is 0 Å². The molecule has 2 aromatic rings. The highest BCUT2D eigenvalue weighted by Crippen LogP contribution is 2.29. The molecule has 0 saturated carbocycles. The third-order valence-electron chi connectivity index (χ3n) is 4.01. The minimum Gasteiger partial charge on any atom is -0.356 e. The lowest BCUT2D eigenvalue weighted by atomic mass is 10.1. The fourth-order valence-electron chi connectivity index (χ4n) is 2.35.